The second kappa shape index (κ2) is 11.3. The zero-order valence-corrected chi connectivity index (χ0v) is 23.4. The third-order valence-corrected chi connectivity index (χ3v) is 7.19. The van der Waals surface area contributed by atoms with Crippen molar-refractivity contribution >= 4 is 32.5 Å². The largest absolute Gasteiger partial charge is 0.455 e. The van der Waals surface area contributed by atoms with Gasteiger partial charge >= 0.3 is 0 Å². The summed E-state index contributed by atoms with van der Waals surface area (Å²) in [7, 11) is 0. The summed E-state index contributed by atoms with van der Waals surface area (Å²) in [6, 6.07) is -30.4. The van der Waals surface area contributed by atoms with Crippen molar-refractivity contribution in [1.82, 2.24) is 0 Å². The van der Waals surface area contributed by atoms with Crippen molar-refractivity contribution in [2.24, 2.45) is 0 Å². The van der Waals surface area contributed by atoms with Gasteiger partial charge in [0.25, 0.3) is 0 Å². The summed E-state index contributed by atoms with van der Waals surface area (Å²) in [5, 5.41) is -4.04. The van der Waals surface area contributed by atoms with Gasteiger partial charge in [0.05, 0.1) is 41.1 Å². The molecule has 0 N–H and O–H groups in total. The molecule has 9 aromatic rings. The first-order valence-electron chi connectivity index (χ1n) is 28.7. The summed E-state index contributed by atoms with van der Waals surface area (Å²) in [5.41, 5.74) is -8.42. The van der Waals surface area contributed by atoms with Crippen LogP contribution in [-0.2, 0) is 0 Å². The molecular formula is C46H30O. The van der Waals surface area contributed by atoms with Gasteiger partial charge in [-0.15, -0.1) is 0 Å². The summed E-state index contributed by atoms with van der Waals surface area (Å²) in [5.74, 6) is -1.01. The lowest BCUT2D eigenvalue weighted by Crippen LogP contribution is -1.91. The standard InChI is InChI=1S/C46H30O/c1-4-14-31(15-5-1)33-24-26-35(27-25-33)46-45(41-29-28-36(30-42(41)47-46)32-16-6-2-7-17-32)44-39-22-12-10-20-37(39)43(34-18-8-3-9-19-34)38-21-11-13-23-40(38)44/h1-30H/i1D,2D,3D,4D,5D,6D,7D,8D,9D,10D,11D,12D,13D,14D,15D,16D,17D,18D,19D,20D,21D,22D,23D,24D,25D,26D,27D,28D,29D,30D. The lowest BCUT2D eigenvalue weighted by molar-refractivity contribution is 0.632. The quantitative estimate of drug-likeness (QED) is 0.173. The Kier molecular flexibility index (Phi) is 2.51. The Morgan fingerprint density at radius 2 is 0.702 bits per heavy atom. The minimum Gasteiger partial charge on any atom is -0.455 e. The zero-order chi connectivity index (χ0) is 57.3. The highest BCUT2D eigenvalue weighted by molar-refractivity contribution is 6.25. The van der Waals surface area contributed by atoms with E-state index in [9.17, 15) is 15.1 Å². The molecule has 8 aromatic carbocycles. The first kappa shape index (κ1) is 10.4. The van der Waals surface area contributed by atoms with E-state index in [1.165, 1.54) is 0 Å². The monoisotopic (exact) mass is 628 g/mol. The van der Waals surface area contributed by atoms with Gasteiger partial charge in [0.15, 0.2) is 0 Å². The fourth-order valence-corrected chi connectivity index (χ4v) is 5.25. The van der Waals surface area contributed by atoms with E-state index in [1.807, 2.05) is 0 Å². The molecule has 0 bridgehead atoms. The van der Waals surface area contributed by atoms with E-state index in [0.717, 1.165) is 0 Å². The molecule has 0 saturated heterocycles. The number of benzene rings is 8. The van der Waals surface area contributed by atoms with Crippen LogP contribution in [0.1, 0.15) is 41.1 Å². The highest BCUT2D eigenvalue weighted by Crippen LogP contribution is 2.50. The van der Waals surface area contributed by atoms with Gasteiger partial charge in [-0.25, -0.2) is 0 Å². The normalized spacial score (nSPS) is 20.3. The molecule has 47 heavy (non-hydrogen) atoms. The number of furan rings is 1. The van der Waals surface area contributed by atoms with Crippen LogP contribution < -0.4 is 0 Å². The predicted molar refractivity (Wildman–Crippen MR) is 198 cm³/mol. The summed E-state index contributed by atoms with van der Waals surface area (Å²) < 4.78 is 274. The molecule has 0 aliphatic rings. The van der Waals surface area contributed by atoms with E-state index in [1.54, 1.807) is 0 Å². The molecule has 1 aromatic heterocycles. The predicted octanol–water partition coefficient (Wildman–Crippen LogP) is 13.1. The molecule has 220 valence electrons. The molecule has 0 saturated carbocycles. The number of fused-ring (bicyclic) bond motifs is 3. The molecule has 1 heterocycles. The Morgan fingerprint density at radius 3 is 1.26 bits per heavy atom. The van der Waals surface area contributed by atoms with Crippen LogP contribution in [-0.4, -0.2) is 0 Å². The summed E-state index contributed by atoms with van der Waals surface area (Å²) in [6.45, 7) is 0. The third kappa shape index (κ3) is 4.64. The third-order valence-electron chi connectivity index (χ3n) is 7.19. The van der Waals surface area contributed by atoms with Gasteiger partial charge in [0, 0.05) is 22.1 Å². The van der Waals surface area contributed by atoms with Gasteiger partial charge in [-0.2, -0.15) is 0 Å². The van der Waals surface area contributed by atoms with Crippen LogP contribution in [0.15, 0.2) is 186 Å². The molecule has 0 unspecified atom stereocenters. The van der Waals surface area contributed by atoms with Crippen molar-refractivity contribution in [3.05, 3.63) is 181 Å². The van der Waals surface area contributed by atoms with Crippen molar-refractivity contribution in [1.29, 1.82) is 0 Å². The molecule has 0 aliphatic carbocycles. The van der Waals surface area contributed by atoms with E-state index in [2.05, 4.69) is 0 Å². The summed E-state index contributed by atoms with van der Waals surface area (Å²) >= 11 is 0. The maximum Gasteiger partial charge on any atom is 0.143 e. The maximum atomic E-state index is 9.68. The van der Waals surface area contributed by atoms with Gasteiger partial charge in [0.1, 0.15) is 11.3 Å². The molecule has 0 spiro atoms. The second-order valence-corrected chi connectivity index (χ2v) is 9.76. The van der Waals surface area contributed by atoms with Crippen molar-refractivity contribution in [2.75, 3.05) is 0 Å². The van der Waals surface area contributed by atoms with Crippen molar-refractivity contribution < 1.29 is 45.5 Å². The van der Waals surface area contributed by atoms with Crippen LogP contribution in [0.5, 0.6) is 0 Å². The van der Waals surface area contributed by atoms with Crippen LogP contribution >= 0.6 is 0 Å². The van der Waals surface area contributed by atoms with Crippen LogP contribution in [0, 0.1) is 0 Å². The number of hydrogen-bond acceptors (Lipinski definition) is 1. The van der Waals surface area contributed by atoms with E-state index in [4.69, 9.17) is 30.5 Å². The van der Waals surface area contributed by atoms with Gasteiger partial charge in [-0.3, -0.25) is 0 Å². The van der Waals surface area contributed by atoms with E-state index < -0.39 is 270 Å². The fraction of sp³-hybridized carbons (Fsp3) is 0. The molecular weight excluding hydrogens is 569 g/mol. The van der Waals surface area contributed by atoms with Crippen LogP contribution in [0.3, 0.4) is 0 Å². The highest BCUT2D eigenvalue weighted by atomic mass is 16.3. The molecule has 0 aliphatic heterocycles. The van der Waals surface area contributed by atoms with Crippen molar-refractivity contribution in [2.45, 2.75) is 0 Å². The Balaban J connectivity index is 1.65. The average molecular weight is 629 g/mol. The smallest absolute Gasteiger partial charge is 0.143 e. The topological polar surface area (TPSA) is 13.1 Å². The molecule has 0 atom stereocenters. The Bertz CT molecular complexity index is 4070. The first-order chi connectivity index (χ1) is 35.8. The number of rotatable bonds is 5. The molecule has 9 rings (SSSR count). The van der Waals surface area contributed by atoms with Crippen molar-refractivity contribution in [3.63, 3.8) is 0 Å². The van der Waals surface area contributed by atoms with Gasteiger partial charge in [-0.1, -0.05) is 169 Å². The highest BCUT2D eigenvalue weighted by Gasteiger charge is 2.24. The van der Waals surface area contributed by atoms with Crippen LogP contribution in [0.25, 0.3) is 88.3 Å². The SMILES string of the molecule is [2H]c1c([2H])c([2H])c(-c2c([2H])c([2H])c(-c3oc4c([2H])c(-c5c([2H])c([2H])c([2H])c([2H])c5[2H])c([2H])c([2H])c4c3-c3c4c([2H])c([2H])c([2H])c([2H])c4c(-c4c([2H])c([2H])c([2H])c([2H])c4[2H])c4c([2H])c([2H])c([2H])c([2H])c34)c([2H])c2[2H])c([2H])c1[2H]. The molecule has 0 fully saturated rings. The number of hydrogen-bond donors (Lipinski definition) is 0. The molecule has 1 nitrogen and oxygen atoms in total. The molecule has 0 amide bonds. The summed E-state index contributed by atoms with van der Waals surface area (Å²) in [4.78, 5) is 0. The van der Waals surface area contributed by atoms with E-state index in [-0.39, 0.29) is 0 Å². The summed E-state index contributed by atoms with van der Waals surface area (Å²) in [6.07, 6.45) is 0. The van der Waals surface area contributed by atoms with Crippen LogP contribution in [0.2, 0.25) is 0 Å². The Morgan fingerprint density at radius 1 is 0.298 bits per heavy atom. The van der Waals surface area contributed by atoms with Crippen LogP contribution in [0.4, 0.5) is 0 Å². The minimum atomic E-state index is -1.16. The second-order valence-electron chi connectivity index (χ2n) is 9.76. The lowest BCUT2D eigenvalue weighted by atomic mass is 9.84. The van der Waals surface area contributed by atoms with Gasteiger partial charge in [-0.05, 0) is 67.0 Å². The van der Waals surface area contributed by atoms with E-state index >= 15 is 0 Å². The Labute approximate surface area is 316 Å². The van der Waals surface area contributed by atoms with Gasteiger partial charge < -0.3 is 4.42 Å². The fourth-order valence-electron chi connectivity index (χ4n) is 5.25. The average Bonchev–Trinajstić information content (AvgIpc) is 3.87. The van der Waals surface area contributed by atoms with E-state index in [0.29, 0.717) is 0 Å². The zero-order valence-electron chi connectivity index (χ0n) is 53.4. The molecule has 1 heteroatoms. The minimum absolute atomic E-state index is 0.756. The van der Waals surface area contributed by atoms with Gasteiger partial charge in [0.2, 0.25) is 0 Å². The Hall–Kier alpha value is -6.18. The molecule has 0 radical (unpaired) electrons. The first-order valence-corrected chi connectivity index (χ1v) is 13.7. The lowest BCUT2D eigenvalue weighted by Gasteiger charge is -2.18. The van der Waals surface area contributed by atoms with Crippen molar-refractivity contribution in [3.8, 4) is 55.8 Å². The maximum absolute atomic E-state index is 9.68.